The number of benzene rings is 1. The van der Waals surface area contributed by atoms with Gasteiger partial charge in [0.15, 0.2) is 0 Å². The Morgan fingerprint density at radius 2 is 1.60 bits per heavy atom. The quantitative estimate of drug-likeness (QED) is 0.866. The first-order chi connectivity index (χ1) is 8.91. The van der Waals surface area contributed by atoms with Gasteiger partial charge in [0.1, 0.15) is 17.2 Å². The van der Waals surface area contributed by atoms with Crippen LogP contribution in [0.1, 0.15) is 0 Å². The fourth-order valence-electron chi connectivity index (χ4n) is 1.14. The summed E-state index contributed by atoms with van der Waals surface area (Å²) in [6.45, 7) is -1.91. The number of hydrogen-bond acceptors (Lipinski definition) is 3. The second-order valence-corrected chi connectivity index (χ2v) is 5.17. The summed E-state index contributed by atoms with van der Waals surface area (Å²) >= 11 is 0. The van der Waals surface area contributed by atoms with Crippen molar-refractivity contribution in [1.82, 2.24) is 4.72 Å². The first-order valence-electron chi connectivity index (χ1n) is 4.82. The molecule has 0 fully saturated rings. The fraction of sp³-hybridized carbons (Fsp3) is 0.333. The van der Waals surface area contributed by atoms with Gasteiger partial charge in [-0.15, -0.1) is 13.2 Å². The Morgan fingerprint density at radius 1 is 1.05 bits per heavy atom. The third-order valence-corrected chi connectivity index (χ3v) is 3.27. The molecular weight excluding hydrogens is 316 g/mol. The first-order valence-corrected chi connectivity index (χ1v) is 6.30. The summed E-state index contributed by atoms with van der Waals surface area (Å²) in [6, 6.07) is 3.46. The zero-order valence-corrected chi connectivity index (χ0v) is 10.2. The number of ether oxygens (including phenoxy) is 1. The highest BCUT2D eigenvalue weighted by Gasteiger charge is 2.35. The van der Waals surface area contributed by atoms with E-state index in [9.17, 15) is 34.8 Å². The highest BCUT2D eigenvalue weighted by Crippen LogP contribution is 2.29. The molecule has 11 heteroatoms. The zero-order valence-electron chi connectivity index (χ0n) is 9.42. The van der Waals surface area contributed by atoms with Gasteiger partial charge in [-0.3, -0.25) is 0 Å². The molecule has 1 rings (SSSR count). The lowest BCUT2D eigenvalue weighted by molar-refractivity contribution is -0.275. The van der Waals surface area contributed by atoms with Gasteiger partial charge in [-0.25, -0.2) is 13.1 Å². The molecule has 1 N–H and O–H groups in total. The monoisotopic (exact) mass is 323 g/mol. The van der Waals surface area contributed by atoms with Crippen molar-refractivity contribution in [3.8, 4) is 5.75 Å². The van der Waals surface area contributed by atoms with Crippen LogP contribution in [0.3, 0.4) is 0 Å². The molecule has 0 radical (unpaired) electrons. The molecule has 0 aliphatic heterocycles. The predicted molar refractivity (Wildman–Crippen MR) is 54.4 cm³/mol. The number of sulfonamides is 1. The Kier molecular flexibility index (Phi) is 4.54. The van der Waals surface area contributed by atoms with Gasteiger partial charge in [0.2, 0.25) is 10.0 Å². The van der Waals surface area contributed by atoms with Crippen LogP contribution in [0.4, 0.5) is 26.3 Å². The third-order valence-electron chi connectivity index (χ3n) is 1.83. The van der Waals surface area contributed by atoms with Crippen LogP contribution in [0.15, 0.2) is 29.2 Å². The molecule has 0 aromatic heterocycles. The SMILES string of the molecule is O=S(=O)(NCC(F)(F)F)c1ccccc1OC(F)(F)F. The molecule has 4 nitrogen and oxygen atoms in total. The molecule has 0 bridgehead atoms. The summed E-state index contributed by atoms with van der Waals surface area (Å²) in [7, 11) is -4.79. The molecule has 20 heavy (non-hydrogen) atoms. The third kappa shape index (κ3) is 5.25. The van der Waals surface area contributed by atoms with Crippen LogP contribution in [-0.4, -0.2) is 27.5 Å². The number of hydrogen-bond donors (Lipinski definition) is 1. The van der Waals surface area contributed by atoms with Crippen molar-refractivity contribution in [1.29, 1.82) is 0 Å². The Hall–Kier alpha value is -1.49. The number of nitrogens with one attached hydrogen (secondary N) is 1. The van der Waals surface area contributed by atoms with Crippen LogP contribution in [0.5, 0.6) is 5.75 Å². The van der Waals surface area contributed by atoms with E-state index in [4.69, 9.17) is 0 Å². The van der Waals surface area contributed by atoms with Crippen LogP contribution in [0.2, 0.25) is 0 Å². The standard InChI is InChI=1S/C9H7F6NO3S/c10-8(11,12)5-16-20(17,18)7-4-2-1-3-6(7)19-9(13,14)15/h1-4,16H,5H2. The Labute approximate surface area is 109 Å². The Morgan fingerprint density at radius 3 is 2.10 bits per heavy atom. The van der Waals surface area contributed by atoms with Gasteiger partial charge in [-0.05, 0) is 12.1 Å². The smallest absolute Gasteiger partial charge is 0.404 e. The molecule has 0 saturated heterocycles. The minimum atomic E-state index is -5.17. The molecular formula is C9H7F6NO3S. The Balaban J connectivity index is 3.06. The van der Waals surface area contributed by atoms with E-state index in [0.29, 0.717) is 12.1 Å². The van der Waals surface area contributed by atoms with Crippen molar-refractivity contribution in [3.05, 3.63) is 24.3 Å². The predicted octanol–water partition coefficient (Wildman–Crippen LogP) is 2.43. The summed E-state index contributed by atoms with van der Waals surface area (Å²) in [6.07, 6.45) is -10.0. The average Bonchev–Trinajstić information content (AvgIpc) is 2.24. The number of para-hydroxylation sites is 1. The molecule has 114 valence electrons. The van der Waals surface area contributed by atoms with Crippen LogP contribution < -0.4 is 9.46 Å². The van der Waals surface area contributed by atoms with Crippen molar-refractivity contribution in [2.45, 2.75) is 17.4 Å². The highest BCUT2D eigenvalue weighted by molar-refractivity contribution is 7.89. The maximum atomic E-state index is 12.1. The van der Waals surface area contributed by atoms with E-state index in [1.165, 1.54) is 0 Å². The van der Waals surface area contributed by atoms with Crippen LogP contribution in [0.25, 0.3) is 0 Å². The lowest BCUT2D eigenvalue weighted by atomic mass is 10.3. The molecule has 1 aromatic carbocycles. The van der Waals surface area contributed by atoms with Crippen molar-refractivity contribution in [2.24, 2.45) is 0 Å². The van der Waals surface area contributed by atoms with Gasteiger partial charge in [-0.2, -0.15) is 13.2 Å². The van der Waals surface area contributed by atoms with Gasteiger partial charge in [0.25, 0.3) is 0 Å². The van der Waals surface area contributed by atoms with Gasteiger partial charge < -0.3 is 4.74 Å². The molecule has 0 atom stereocenters. The van der Waals surface area contributed by atoms with Crippen LogP contribution in [0, 0.1) is 0 Å². The minimum absolute atomic E-state index is 0.676. The van der Waals surface area contributed by atoms with E-state index < -0.39 is 39.8 Å². The number of halogens is 6. The largest absolute Gasteiger partial charge is 0.573 e. The second kappa shape index (κ2) is 5.48. The normalized spacial score (nSPS) is 13.3. The fourth-order valence-corrected chi connectivity index (χ4v) is 2.28. The molecule has 0 aliphatic rings. The van der Waals surface area contributed by atoms with Crippen molar-refractivity contribution < 1.29 is 39.5 Å². The summed E-state index contributed by atoms with van der Waals surface area (Å²) in [5.41, 5.74) is 0. The molecule has 1 aromatic rings. The van der Waals surface area contributed by atoms with E-state index in [1.54, 1.807) is 0 Å². The molecule has 0 unspecified atom stereocenters. The van der Waals surface area contributed by atoms with Gasteiger partial charge in [0, 0.05) is 0 Å². The van der Waals surface area contributed by atoms with E-state index in [-0.39, 0.29) is 0 Å². The van der Waals surface area contributed by atoms with Gasteiger partial charge in [-0.1, -0.05) is 12.1 Å². The van der Waals surface area contributed by atoms with Crippen LogP contribution >= 0.6 is 0 Å². The van der Waals surface area contributed by atoms with Gasteiger partial charge in [0.05, 0.1) is 0 Å². The minimum Gasteiger partial charge on any atom is -0.404 e. The summed E-state index contributed by atoms with van der Waals surface area (Å²) < 4.78 is 99.7. The van der Waals surface area contributed by atoms with Gasteiger partial charge >= 0.3 is 12.5 Å². The molecule has 0 saturated carbocycles. The second-order valence-electron chi connectivity index (χ2n) is 3.43. The topological polar surface area (TPSA) is 55.4 Å². The highest BCUT2D eigenvalue weighted by atomic mass is 32.2. The molecule has 0 amide bonds. The average molecular weight is 323 g/mol. The van der Waals surface area contributed by atoms with E-state index in [0.717, 1.165) is 16.9 Å². The lowest BCUT2D eigenvalue weighted by Gasteiger charge is -2.14. The summed E-state index contributed by atoms with van der Waals surface area (Å²) in [5, 5.41) is 0. The number of rotatable bonds is 4. The molecule has 0 heterocycles. The van der Waals surface area contributed by atoms with E-state index >= 15 is 0 Å². The maximum Gasteiger partial charge on any atom is 0.573 e. The van der Waals surface area contributed by atoms with Crippen molar-refractivity contribution in [2.75, 3.05) is 6.54 Å². The Bertz CT molecular complexity index is 566. The van der Waals surface area contributed by atoms with Crippen molar-refractivity contribution in [3.63, 3.8) is 0 Å². The maximum absolute atomic E-state index is 12.1. The molecule has 0 spiro atoms. The first kappa shape index (κ1) is 16.6. The molecule has 0 aliphatic carbocycles. The summed E-state index contributed by atoms with van der Waals surface area (Å²) in [5.74, 6) is -1.12. The van der Waals surface area contributed by atoms with E-state index in [1.807, 2.05) is 0 Å². The lowest BCUT2D eigenvalue weighted by Crippen LogP contribution is -2.34. The number of alkyl halides is 6. The van der Waals surface area contributed by atoms with E-state index in [2.05, 4.69) is 4.74 Å². The zero-order chi connectivity index (χ0) is 15.6. The van der Waals surface area contributed by atoms with Crippen LogP contribution in [-0.2, 0) is 10.0 Å². The summed E-state index contributed by atoms with van der Waals surface area (Å²) in [4.78, 5) is -1.04. The van der Waals surface area contributed by atoms with Crippen molar-refractivity contribution >= 4 is 10.0 Å².